The number of halogens is 2. The van der Waals surface area contributed by atoms with Gasteiger partial charge in [-0.3, -0.25) is 4.90 Å². The Kier molecular flexibility index (Phi) is 6.88. The number of amides is 1. The van der Waals surface area contributed by atoms with E-state index in [1.807, 2.05) is 32.7 Å². The molecule has 1 unspecified atom stereocenters. The molecule has 2 heterocycles. The summed E-state index contributed by atoms with van der Waals surface area (Å²) in [6, 6.07) is 0.126. The minimum absolute atomic E-state index is 0.126. The van der Waals surface area contributed by atoms with E-state index in [2.05, 4.69) is 14.9 Å². The Labute approximate surface area is 159 Å². The summed E-state index contributed by atoms with van der Waals surface area (Å²) >= 11 is 11.9. The highest BCUT2D eigenvalue weighted by molar-refractivity contribution is 6.32. The van der Waals surface area contributed by atoms with Gasteiger partial charge in [0.15, 0.2) is 0 Å². The van der Waals surface area contributed by atoms with Crippen LogP contribution in [-0.4, -0.2) is 57.6 Å². The van der Waals surface area contributed by atoms with Crippen molar-refractivity contribution in [3.05, 3.63) is 22.2 Å². The second-order valence-electron chi connectivity index (χ2n) is 7.48. The van der Waals surface area contributed by atoms with Gasteiger partial charge in [0, 0.05) is 37.4 Å². The number of hydrogen-bond acceptors (Lipinski definition) is 5. The minimum Gasteiger partial charge on any atom is -0.444 e. The molecule has 1 aromatic rings. The predicted octanol–water partition coefficient (Wildman–Crippen LogP) is 4.00. The van der Waals surface area contributed by atoms with Crippen LogP contribution in [0.25, 0.3) is 0 Å². The number of carbonyl (C=O) groups is 1. The Balaban J connectivity index is 1.99. The first-order valence-electron chi connectivity index (χ1n) is 8.51. The number of piperidine rings is 1. The maximum atomic E-state index is 12.5. The lowest BCUT2D eigenvalue weighted by Crippen LogP contribution is -2.50. The number of likely N-dealkylation sites (tertiary alicyclic amines) is 1. The summed E-state index contributed by atoms with van der Waals surface area (Å²) in [5.41, 5.74) is 0.326. The molecule has 8 heteroatoms. The van der Waals surface area contributed by atoms with Crippen molar-refractivity contribution in [2.24, 2.45) is 0 Å². The van der Waals surface area contributed by atoms with Gasteiger partial charge in [-0.05, 0) is 58.7 Å². The third-order valence-corrected chi connectivity index (χ3v) is 4.51. The summed E-state index contributed by atoms with van der Waals surface area (Å²) in [4.78, 5) is 24.4. The first-order chi connectivity index (χ1) is 11.7. The van der Waals surface area contributed by atoms with E-state index in [4.69, 9.17) is 27.9 Å². The van der Waals surface area contributed by atoms with E-state index >= 15 is 0 Å². The van der Waals surface area contributed by atoms with Crippen LogP contribution in [0.5, 0.6) is 0 Å². The molecule has 0 aromatic carbocycles. The Hall–Kier alpha value is -1.11. The van der Waals surface area contributed by atoms with E-state index in [-0.39, 0.29) is 17.4 Å². The number of likely N-dealkylation sites (N-methyl/N-ethyl adjacent to an activating group) is 1. The van der Waals surface area contributed by atoms with Crippen LogP contribution in [0, 0.1) is 0 Å². The second-order valence-corrected chi connectivity index (χ2v) is 8.17. The van der Waals surface area contributed by atoms with Crippen LogP contribution in [0.2, 0.25) is 10.4 Å². The number of hydrogen-bond donors (Lipinski definition) is 0. The molecule has 1 atom stereocenters. The molecule has 1 aliphatic rings. The molecule has 25 heavy (non-hydrogen) atoms. The van der Waals surface area contributed by atoms with Gasteiger partial charge in [0.2, 0.25) is 5.28 Å². The lowest BCUT2D eigenvalue weighted by Gasteiger charge is -2.38. The summed E-state index contributed by atoms with van der Waals surface area (Å²) in [7, 11) is 1.99. The zero-order chi connectivity index (χ0) is 18.6. The molecule has 0 aliphatic carbocycles. The Morgan fingerprint density at radius 3 is 2.76 bits per heavy atom. The number of nitrogens with zero attached hydrogens (tertiary/aromatic N) is 4. The topological polar surface area (TPSA) is 58.6 Å². The molecule has 1 aliphatic heterocycles. The highest BCUT2D eigenvalue weighted by Gasteiger charge is 2.31. The highest BCUT2D eigenvalue weighted by atomic mass is 35.5. The van der Waals surface area contributed by atoms with Crippen LogP contribution in [0.15, 0.2) is 6.20 Å². The lowest BCUT2D eigenvalue weighted by atomic mass is 10.0. The van der Waals surface area contributed by atoms with Crippen LogP contribution >= 0.6 is 23.2 Å². The van der Waals surface area contributed by atoms with Gasteiger partial charge in [0.05, 0.1) is 0 Å². The van der Waals surface area contributed by atoms with Crippen LogP contribution < -0.4 is 0 Å². The molecule has 1 saturated heterocycles. The molecule has 6 nitrogen and oxygen atoms in total. The summed E-state index contributed by atoms with van der Waals surface area (Å²) in [6.07, 6.45) is 4.49. The highest BCUT2D eigenvalue weighted by Crippen LogP contribution is 2.22. The van der Waals surface area contributed by atoms with Gasteiger partial charge in [-0.15, -0.1) is 0 Å². The fraction of sp³-hybridized carbons (Fsp3) is 0.706. The Morgan fingerprint density at radius 2 is 2.12 bits per heavy atom. The van der Waals surface area contributed by atoms with Crippen molar-refractivity contribution in [2.75, 3.05) is 20.1 Å². The van der Waals surface area contributed by atoms with Crippen LogP contribution in [0.1, 0.15) is 45.6 Å². The van der Waals surface area contributed by atoms with Crippen molar-refractivity contribution in [2.45, 2.75) is 58.2 Å². The molecule has 1 fully saturated rings. The zero-order valence-corrected chi connectivity index (χ0v) is 16.8. The second kappa shape index (κ2) is 8.52. The fourth-order valence-corrected chi connectivity index (χ4v) is 3.30. The molecule has 0 N–H and O–H groups in total. The molecule has 0 bridgehead atoms. The Morgan fingerprint density at radius 1 is 1.40 bits per heavy atom. The van der Waals surface area contributed by atoms with E-state index in [0.29, 0.717) is 11.7 Å². The Bertz CT molecular complexity index is 607. The van der Waals surface area contributed by atoms with Crippen molar-refractivity contribution < 1.29 is 9.53 Å². The molecular weight excluding hydrogens is 363 g/mol. The fourth-order valence-electron chi connectivity index (χ4n) is 2.94. The first kappa shape index (κ1) is 20.2. The van der Waals surface area contributed by atoms with Crippen molar-refractivity contribution >= 4 is 29.3 Å². The third-order valence-electron chi connectivity index (χ3n) is 4.00. The average Bonchev–Trinajstić information content (AvgIpc) is 2.49. The number of rotatable bonds is 4. The minimum atomic E-state index is -0.487. The van der Waals surface area contributed by atoms with Gasteiger partial charge < -0.3 is 9.64 Å². The van der Waals surface area contributed by atoms with Gasteiger partial charge in [0.25, 0.3) is 0 Å². The maximum absolute atomic E-state index is 12.5. The van der Waals surface area contributed by atoms with Crippen molar-refractivity contribution in [3.8, 4) is 0 Å². The summed E-state index contributed by atoms with van der Waals surface area (Å²) in [5, 5.41) is 0.499. The molecule has 0 radical (unpaired) electrons. The van der Waals surface area contributed by atoms with E-state index in [9.17, 15) is 4.79 Å². The van der Waals surface area contributed by atoms with E-state index in [1.54, 1.807) is 6.20 Å². The van der Waals surface area contributed by atoms with Crippen molar-refractivity contribution in [1.82, 2.24) is 19.8 Å². The smallest absolute Gasteiger partial charge is 0.410 e. The normalized spacial score (nSPS) is 18.5. The van der Waals surface area contributed by atoms with Crippen LogP contribution in [-0.2, 0) is 11.3 Å². The molecule has 0 spiro atoms. The standard InChI is InChI=1S/C17H26Cl2N4O2/c1-17(2,3)25-16(24)23-8-6-5-7-13(23)11-22(4)10-12-9-20-15(19)21-14(12)18/h9,13H,5-8,10-11H2,1-4H3. The average molecular weight is 389 g/mol. The summed E-state index contributed by atoms with van der Waals surface area (Å²) < 4.78 is 5.55. The van der Waals surface area contributed by atoms with Crippen LogP contribution in [0.3, 0.4) is 0 Å². The third kappa shape index (κ3) is 6.28. The summed E-state index contributed by atoms with van der Waals surface area (Å²) in [6.45, 7) is 7.72. The van der Waals surface area contributed by atoms with E-state index in [1.165, 1.54) is 0 Å². The van der Waals surface area contributed by atoms with Gasteiger partial charge in [0.1, 0.15) is 10.8 Å². The largest absolute Gasteiger partial charge is 0.444 e. The zero-order valence-electron chi connectivity index (χ0n) is 15.3. The van der Waals surface area contributed by atoms with Gasteiger partial charge in [-0.25, -0.2) is 14.8 Å². The van der Waals surface area contributed by atoms with Gasteiger partial charge >= 0.3 is 6.09 Å². The van der Waals surface area contributed by atoms with Crippen molar-refractivity contribution in [1.29, 1.82) is 0 Å². The molecule has 1 aromatic heterocycles. The van der Waals surface area contributed by atoms with Gasteiger partial charge in [-0.1, -0.05) is 11.6 Å². The SMILES string of the molecule is CN(Cc1cnc(Cl)nc1Cl)CC1CCCCN1C(=O)OC(C)(C)C. The molecule has 2 rings (SSSR count). The number of ether oxygens (including phenoxy) is 1. The van der Waals surface area contributed by atoms with E-state index in [0.717, 1.165) is 37.9 Å². The van der Waals surface area contributed by atoms with Gasteiger partial charge in [-0.2, -0.15) is 0 Å². The quantitative estimate of drug-likeness (QED) is 0.575. The monoisotopic (exact) mass is 388 g/mol. The lowest BCUT2D eigenvalue weighted by molar-refractivity contribution is 0.00586. The predicted molar refractivity (Wildman–Crippen MR) is 99.0 cm³/mol. The first-order valence-corrected chi connectivity index (χ1v) is 9.26. The van der Waals surface area contributed by atoms with Crippen LogP contribution in [0.4, 0.5) is 4.79 Å². The number of carbonyl (C=O) groups excluding carboxylic acids is 1. The maximum Gasteiger partial charge on any atom is 0.410 e. The molecule has 140 valence electrons. The summed E-state index contributed by atoms with van der Waals surface area (Å²) in [5.74, 6) is 0. The molecular formula is C17H26Cl2N4O2. The molecule has 0 saturated carbocycles. The molecule has 1 amide bonds. The van der Waals surface area contributed by atoms with E-state index < -0.39 is 5.60 Å². The number of aromatic nitrogens is 2. The van der Waals surface area contributed by atoms with Crippen molar-refractivity contribution in [3.63, 3.8) is 0 Å².